The number of hydrogen-bond acceptors (Lipinski definition) is 3. The molecule has 20 heavy (non-hydrogen) atoms. The molecule has 0 spiro atoms. The van der Waals surface area contributed by atoms with Gasteiger partial charge in [-0.3, -0.25) is 4.72 Å². The largest absolute Gasteiger partial charge is 0.395 e. The Morgan fingerprint density at radius 1 is 1.40 bits per heavy atom. The van der Waals surface area contributed by atoms with Gasteiger partial charge < -0.3 is 5.11 Å². The van der Waals surface area contributed by atoms with Gasteiger partial charge in [0.1, 0.15) is 0 Å². The summed E-state index contributed by atoms with van der Waals surface area (Å²) in [5.74, 6) is 5.66. The molecule has 0 bridgehead atoms. The maximum Gasteiger partial charge on any atom is 0.301 e. The van der Waals surface area contributed by atoms with Crippen molar-refractivity contribution >= 4 is 15.9 Å². The van der Waals surface area contributed by atoms with Gasteiger partial charge in [-0.25, -0.2) is 0 Å². The van der Waals surface area contributed by atoms with E-state index in [2.05, 4.69) is 16.6 Å². The molecule has 0 aliphatic heterocycles. The Labute approximate surface area is 120 Å². The van der Waals surface area contributed by atoms with Crippen molar-refractivity contribution in [3.8, 4) is 11.8 Å². The SMILES string of the molecule is CC(C)N(C)S(=O)(=O)Nc1cccc(C#CCCO)c1. The van der Waals surface area contributed by atoms with Crippen LogP contribution in [0.2, 0.25) is 0 Å². The molecular formula is C14H20N2O3S. The van der Waals surface area contributed by atoms with Crippen LogP contribution in [0.25, 0.3) is 0 Å². The van der Waals surface area contributed by atoms with E-state index >= 15 is 0 Å². The van der Waals surface area contributed by atoms with E-state index in [0.29, 0.717) is 17.7 Å². The van der Waals surface area contributed by atoms with Gasteiger partial charge >= 0.3 is 10.2 Å². The van der Waals surface area contributed by atoms with Crippen molar-refractivity contribution in [2.24, 2.45) is 0 Å². The fourth-order valence-corrected chi connectivity index (χ4v) is 2.50. The number of nitrogens with zero attached hydrogens (tertiary/aromatic N) is 1. The molecule has 110 valence electrons. The van der Waals surface area contributed by atoms with E-state index in [-0.39, 0.29) is 12.6 Å². The fraction of sp³-hybridized carbons (Fsp3) is 0.429. The molecule has 0 atom stereocenters. The molecule has 0 aromatic heterocycles. The van der Waals surface area contributed by atoms with Gasteiger partial charge in [0.25, 0.3) is 0 Å². The summed E-state index contributed by atoms with van der Waals surface area (Å²) in [7, 11) is -2.03. The van der Waals surface area contributed by atoms with Gasteiger partial charge in [-0.15, -0.1) is 0 Å². The number of nitrogens with one attached hydrogen (secondary N) is 1. The first-order valence-electron chi connectivity index (χ1n) is 6.32. The van der Waals surface area contributed by atoms with Gasteiger partial charge in [-0.1, -0.05) is 17.9 Å². The van der Waals surface area contributed by atoms with E-state index in [1.807, 2.05) is 0 Å². The van der Waals surface area contributed by atoms with Crippen LogP contribution < -0.4 is 4.72 Å². The van der Waals surface area contributed by atoms with Crippen LogP contribution in [0.4, 0.5) is 5.69 Å². The summed E-state index contributed by atoms with van der Waals surface area (Å²) in [5, 5.41) is 8.67. The molecule has 1 aromatic rings. The second kappa shape index (κ2) is 7.29. The Morgan fingerprint density at radius 2 is 2.10 bits per heavy atom. The van der Waals surface area contributed by atoms with Crippen molar-refractivity contribution in [2.45, 2.75) is 26.3 Å². The van der Waals surface area contributed by atoms with Crippen LogP contribution in [0, 0.1) is 11.8 Å². The Hall–Kier alpha value is -1.55. The Morgan fingerprint density at radius 3 is 2.70 bits per heavy atom. The van der Waals surface area contributed by atoms with E-state index < -0.39 is 10.2 Å². The minimum absolute atomic E-state index is 0.0124. The van der Waals surface area contributed by atoms with Gasteiger partial charge in [0.05, 0.1) is 12.3 Å². The van der Waals surface area contributed by atoms with Gasteiger partial charge in [0, 0.05) is 25.1 Å². The van der Waals surface area contributed by atoms with Crippen LogP contribution in [0.3, 0.4) is 0 Å². The number of aliphatic hydroxyl groups excluding tert-OH is 1. The van der Waals surface area contributed by atoms with E-state index in [4.69, 9.17) is 5.11 Å². The lowest BCUT2D eigenvalue weighted by molar-refractivity contribution is 0.305. The molecule has 0 unspecified atom stereocenters. The lowest BCUT2D eigenvalue weighted by atomic mass is 10.2. The zero-order valence-corrected chi connectivity index (χ0v) is 12.7. The van der Waals surface area contributed by atoms with Crippen LogP contribution in [0.15, 0.2) is 24.3 Å². The van der Waals surface area contributed by atoms with Gasteiger partial charge in [-0.05, 0) is 32.0 Å². The lowest BCUT2D eigenvalue weighted by Crippen LogP contribution is -2.37. The first kappa shape index (κ1) is 16.5. The maximum atomic E-state index is 12.1. The van der Waals surface area contributed by atoms with Crippen molar-refractivity contribution < 1.29 is 13.5 Å². The molecule has 5 nitrogen and oxygen atoms in total. The average Bonchev–Trinajstić information content (AvgIpc) is 2.38. The standard InChI is InChI=1S/C14H20N2O3S/c1-12(2)16(3)20(18,19)15-14-9-6-8-13(11-14)7-4-5-10-17/h6,8-9,11-12,15,17H,5,10H2,1-3H3. The van der Waals surface area contributed by atoms with E-state index in [1.54, 1.807) is 38.1 Å². The highest BCUT2D eigenvalue weighted by atomic mass is 32.2. The number of rotatable bonds is 5. The molecular weight excluding hydrogens is 276 g/mol. The minimum Gasteiger partial charge on any atom is -0.395 e. The molecule has 1 rings (SSSR count). The Bertz CT molecular complexity index is 600. The van der Waals surface area contributed by atoms with Crippen LogP contribution in [-0.4, -0.2) is 37.5 Å². The van der Waals surface area contributed by atoms with E-state index in [1.165, 1.54) is 11.4 Å². The highest BCUT2D eigenvalue weighted by Gasteiger charge is 2.20. The summed E-state index contributed by atoms with van der Waals surface area (Å²) in [5.41, 5.74) is 1.17. The maximum absolute atomic E-state index is 12.1. The topological polar surface area (TPSA) is 69.6 Å². The zero-order chi connectivity index (χ0) is 15.2. The highest BCUT2D eigenvalue weighted by Crippen LogP contribution is 2.14. The molecule has 0 aliphatic rings. The summed E-state index contributed by atoms with van der Waals surface area (Å²) in [6.45, 7) is 3.62. The average molecular weight is 296 g/mol. The lowest BCUT2D eigenvalue weighted by Gasteiger charge is -2.21. The fourth-order valence-electron chi connectivity index (χ4n) is 1.38. The Balaban J connectivity index is 2.89. The van der Waals surface area contributed by atoms with Crippen LogP contribution in [-0.2, 0) is 10.2 Å². The number of anilines is 1. The molecule has 0 saturated heterocycles. The number of aliphatic hydroxyl groups is 1. The normalized spacial score (nSPS) is 11.3. The summed E-state index contributed by atoms with van der Waals surface area (Å²) in [4.78, 5) is 0. The molecule has 0 saturated carbocycles. The van der Waals surface area contributed by atoms with Gasteiger partial charge in [0.15, 0.2) is 0 Å². The van der Waals surface area contributed by atoms with Crippen LogP contribution in [0.5, 0.6) is 0 Å². The predicted octanol–water partition coefficient (Wildman–Crippen LogP) is 1.42. The van der Waals surface area contributed by atoms with E-state index in [0.717, 1.165) is 0 Å². The molecule has 0 fully saturated rings. The van der Waals surface area contributed by atoms with Crippen molar-refractivity contribution in [2.75, 3.05) is 18.4 Å². The van der Waals surface area contributed by atoms with Crippen LogP contribution in [0.1, 0.15) is 25.8 Å². The highest BCUT2D eigenvalue weighted by molar-refractivity contribution is 7.90. The van der Waals surface area contributed by atoms with Gasteiger partial charge in [0.2, 0.25) is 0 Å². The molecule has 0 aliphatic carbocycles. The third-order valence-electron chi connectivity index (χ3n) is 2.69. The van der Waals surface area contributed by atoms with E-state index in [9.17, 15) is 8.42 Å². The molecule has 0 radical (unpaired) electrons. The zero-order valence-electron chi connectivity index (χ0n) is 11.9. The second-order valence-corrected chi connectivity index (χ2v) is 6.30. The van der Waals surface area contributed by atoms with Crippen molar-refractivity contribution in [1.82, 2.24) is 4.31 Å². The Kier molecular flexibility index (Phi) is 6.02. The number of benzene rings is 1. The summed E-state index contributed by atoms with van der Waals surface area (Å²) < 4.78 is 27.9. The first-order valence-corrected chi connectivity index (χ1v) is 7.76. The summed E-state index contributed by atoms with van der Waals surface area (Å²) in [6.07, 6.45) is 0.395. The second-order valence-electron chi connectivity index (χ2n) is 4.57. The predicted molar refractivity (Wildman–Crippen MR) is 80.5 cm³/mol. The van der Waals surface area contributed by atoms with Gasteiger partial charge in [-0.2, -0.15) is 12.7 Å². The summed E-state index contributed by atoms with van der Waals surface area (Å²) in [6, 6.07) is 6.73. The third-order valence-corrected chi connectivity index (χ3v) is 4.36. The first-order chi connectivity index (χ1) is 9.36. The number of hydrogen-bond donors (Lipinski definition) is 2. The third kappa shape index (κ3) is 4.85. The van der Waals surface area contributed by atoms with Crippen molar-refractivity contribution in [1.29, 1.82) is 0 Å². The minimum atomic E-state index is -3.56. The molecule has 1 aromatic carbocycles. The molecule has 6 heteroatoms. The monoisotopic (exact) mass is 296 g/mol. The van der Waals surface area contributed by atoms with Crippen molar-refractivity contribution in [3.05, 3.63) is 29.8 Å². The van der Waals surface area contributed by atoms with Crippen LogP contribution >= 0.6 is 0 Å². The quantitative estimate of drug-likeness (QED) is 0.807. The smallest absolute Gasteiger partial charge is 0.301 e. The molecule has 0 heterocycles. The molecule has 2 N–H and O–H groups in total. The molecule has 0 amide bonds. The van der Waals surface area contributed by atoms with Crippen molar-refractivity contribution in [3.63, 3.8) is 0 Å². The summed E-state index contributed by atoms with van der Waals surface area (Å²) >= 11 is 0.